The molecule has 1 aromatic carbocycles. The summed E-state index contributed by atoms with van der Waals surface area (Å²) in [5.74, 6) is -1.94. The van der Waals surface area contributed by atoms with Gasteiger partial charge in [0, 0.05) is 11.6 Å². The number of benzene rings is 1. The highest BCUT2D eigenvalue weighted by Crippen LogP contribution is 2.31. The Morgan fingerprint density at radius 3 is 2.79 bits per heavy atom. The van der Waals surface area contributed by atoms with Crippen molar-refractivity contribution < 1.29 is 18.0 Å². The number of nitrogens with one attached hydrogen (secondary N) is 1. The molecule has 0 aliphatic carbocycles. The Morgan fingerprint density at radius 2 is 2.21 bits per heavy atom. The number of halogens is 1. The summed E-state index contributed by atoms with van der Waals surface area (Å²) in [6.45, 7) is 1.55. The number of hydrogen-bond acceptors (Lipinski definition) is 6. The maximum atomic E-state index is 12.3. The minimum Gasteiger partial charge on any atom is -0.298 e. The van der Waals surface area contributed by atoms with E-state index in [-0.39, 0.29) is 22.0 Å². The zero-order valence-electron chi connectivity index (χ0n) is 12.4. The monoisotopic (exact) mass is 385 g/mol. The van der Waals surface area contributed by atoms with Crippen LogP contribution < -0.4 is 9.62 Å². The zero-order chi connectivity index (χ0) is 17.5. The first-order chi connectivity index (χ1) is 11.3. The summed E-state index contributed by atoms with van der Waals surface area (Å²) in [4.78, 5) is 28.4. The van der Waals surface area contributed by atoms with Crippen molar-refractivity contribution in [3.63, 3.8) is 0 Å². The molecule has 1 fully saturated rings. The first kappa shape index (κ1) is 16.9. The van der Waals surface area contributed by atoms with Crippen molar-refractivity contribution >= 4 is 55.6 Å². The van der Waals surface area contributed by atoms with Gasteiger partial charge < -0.3 is 0 Å². The highest BCUT2D eigenvalue weighted by molar-refractivity contribution is 7.94. The average molecular weight is 386 g/mol. The predicted molar refractivity (Wildman–Crippen MR) is 92.0 cm³/mol. The van der Waals surface area contributed by atoms with Crippen LogP contribution in [0.3, 0.4) is 0 Å². The molecule has 126 valence electrons. The summed E-state index contributed by atoms with van der Waals surface area (Å²) >= 11 is 7.28. The Balaban J connectivity index is 1.97. The van der Waals surface area contributed by atoms with Gasteiger partial charge in [0.1, 0.15) is 0 Å². The van der Waals surface area contributed by atoms with Gasteiger partial charge in [0.25, 0.3) is 5.91 Å². The standard InChI is InChI=1S/C14H12ClN3O4S2/c1-8-7-24(21,22)18(13(8)20)9-2-3-11(15)10(6-9)12(19)17-14-16-4-5-23-14/h2-6,8H,7H2,1H3,(H,16,17,19). The number of carbonyl (C=O) groups is 2. The number of anilines is 2. The van der Waals surface area contributed by atoms with Crippen molar-refractivity contribution in [2.45, 2.75) is 6.92 Å². The van der Waals surface area contributed by atoms with Crippen LogP contribution in [0.25, 0.3) is 0 Å². The van der Waals surface area contributed by atoms with E-state index in [1.807, 2.05) is 0 Å². The second-order valence-corrected chi connectivity index (χ2v) is 8.40. The van der Waals surface area contributed by atoms with Gasteiger partial charge in [-0.2, -0.15) is 0 Å². The van der Waals surface area contributed by atoms with Crippen LogP contribution in [-0.2, 0) is 14.8 Å². The van der Waals surface area contributed by atoms with Gasteiger partial charge in [-0.1, -0.05) is 18.5 Å². The number of rotatable bonds is 3. The van der Waals surface area contributed by atoms with Crippen molar-refractivity contribution in [1.29, 1.82) is 0 Å². The number of nitrogens with zero attached hydrogens (tertiary/aromatic N) is 2. The van der Waals surface area contributed by atoms with Crippen molar-refractivity contribution in [1.82, 2.24) is 4.98 Å². The smallest absolute Gasteiger partial charge is 0.259 e. The highest BCUT2D eigenvalue weighted by atomic mass is 35.5. The molecule has 7 nitrogen and oxygen atoms in total. The molecule has 1 aliphatic rings. The zero-order valence-corrected chi connectivity index (χ0v) is 14.8. The van der Waals surface area contributed by atoms with E-state index in [9.17, 15) is 18.0 Å². The normalized spacial score (nSPS) is 19.5. The Kier molecular flexibility index (Phi) is 4.33. The molecule has 24 heavy (non-hydrogen) atoms. The molecule has 1 saturated heterocycles. The molecule has 1 aromatic heterocycles. The fraction of sp³-hybridized carbons (Fsp3) is 0.214. The van der Waals surface area contributed by atoms with Crippen LogP contribution in [-0.4, -0.2) is 31.0 Å². The van der Waals surface area contributed by atoms with Crippen molar-refractivity contribution in [3.8, 4) is 0 Å². The van der Waals surface area contributed by atoms with E-state index >= 15 is 0 Å². The highest BCUT2D eigenvalue weighted by Gasteiger charge is 2.42. The summed E-state index contributed by atoms with van der Waals surface area (Å²) in [6, 6.07) is 4.08. The van der Waals surface area contributed by atoms with Crippen LogP contribution in [0.1, 0.15) is 17.3 Å². The van der Waals surface area contributed by atoms with Gasteiger partial charge in [-0.3, -0.25) is 14.9 Å². The molecule has 0 radical (unpaired) electrons. The Morgan fingerprint density at radius 1 is 1.46 bits per heavy atom. The van der Waals surface area contributed by atoms with Gasteiger partial charge in [0.2, 0.25) is 15.9 Å². The third-order valence-electron chi connectivity index (χ3n) is 3.44. The molecule has 0 saturated carbocycles. The number of carbonyl (C=O) groups excluding carboxylic acids is 2. The number of aromatic nitrogens is 1. The van der Waals surface area contributed by atoms with Crippen molar-refractivity contribution in [2.75, 3.05) is 15.4 Å². The van der Waals surface area contributed by atoms with Crippen LogP contribution >= 0.6 is 22.9 Å². The molecule has 1 aliphatic heterocycles. The van der Waals surface area contributed by atoms with Gasteiger partial charge >= 0.3 is 0 Å². The third-order valence-corrected chi connectivity index (χ3v) is 6.33. The lowest BCUT2D eigenvalue weighted by Crippen LogP contribution is -2.30. The van der Waals surface area contributed by atoms with Crippen molar-refractivity contribution in [3.05, 3.63) is 40.4 Å². The molecule has 2 heterocycles. The molecule has 3 rings (SSSR count). The Bertz CT molecular complexity index is 912. The summed E-state index contributed by atoms with van der Waals surface area (Å²) in [5, 5.41) is 4.80. The molecule has 2 aromatic rings. The SMILES string of the molecule is CC1CS(=O)(=O)N(c2ccc(Cl)c(C(=O)Nc3nccs3)c2)C1=O. The minimum absolute atomic E-state index is 0.0620. The molecule has 0 bridgehead atoms. The van der Waals surface area contributed by atoms with E-state index in [1.165, 1.54) is 35.7 Å². The summed E-state index contributed by atoms with van der Waals surface area (Å²) in [6.07, 6.45) is 1.54. The van der Waals surface area contributed by atoms with Gasteiger partial charge in [-0.25, -0.2) is 17.7 Å². The molecule has 10 heteroatoms. The minimum atomic E-state index is -3.75. The van der Waals surface area contributed by atoms with E-state index in [4.69, 9.17) is 11.6 Å². The van der Waals surface area contributed by atoms with Gasteiger partial charge in [-0.15, -0.1) is 11.3 Å². The number of amides is 2. The van der Waals surface area contributed by atoms with E-state index in [1.54, 1.807) is 12.3 Å². The van der Waals surface area contributed by atoms with Gasteiger partial charge in [-0.05, 0) is 18.2 Å². The fourth-order valence-corrected chi connectivity index (χ4v) is 4.89. The van der Waals surface area contributed by atoms with Crippen LogP contribution in [0, 0.1) is 5.92 Å². The van der Waals surface area contributed by atoms with Crippen LogP contribution in [0.5, 0.6) is 0 Å². The maximum Gasteiger partial charge on any atom is 0.259 e. The quantitative estimate of drug-likeness (QED) is 0.874. The summed E-state index contributed by atoms with van der Waals surface area (Å²) in [5.41, 5.74) is 0.157. The second-order valence-electron chi connectivity index (χ2n) is 5.24. The lowest BCUT2D eigenvalue weighted by atomic mass is 10.1. The number of hydrogen-bond donors (Lipinski definition) is 1. The lowest BCUT2D eigenvalue weighted by molar-refractivity contribution is -0.119. The molecular weight excluding hydrogens is 374 g/mol. The van der Waals surface area contributed by atoms with Crippen LogP contribution in [0.4, 0.5) is 10.8 Å². The molecule has 2 amide bonds. The molecule has 1 unspecified atom stereocenters. The third kappa shape index (κ3) is 3.02. The van der Waals surface area contributed by atoms with E-state index in [0.717, 1.165) is 4.31 Å². The number of sulfonamides is 1. The summed E-state index contributed by atoms with van der Waals surface area (Å²) in [7, 11) is -3.75. The maximum absolute atomic E-state index is 12.3. The van der Waals surface area contributed by atoms with Crippen LogP contribution in [0.15, 0.2) is 29.8 Å². The Labute approximate surface area is 147 Å². The van der Waals surface area contributed by atoms with Crippen LogP contribution in [0.2, 0.25) is 5.02 Å². The molecule has 1 atom stereocenters. The van der Waals surface area contributed by atoms with Crippen molar-refractivity contribution in [2.24, 2.45) is 5.92 Å². The largest absolute Gasteiger partial charge is 0.298 e. The van der Waals surface area contributed by atoms with E-state index < -0.39 is 27.8 Å². The molecule has 1 N–H and O–H groups in total. The predicted octanol–water partition coefficient (Wildman–Crippen LogP) is 2.36. The van der Waals surface area contributed by atoms with Gasteiger partial charge in [0.05, 0.1) is 27.9 Å². The second kappa shape index (κ2) is 6.15. The molecular formula is C14H12ClN3O4S2. The Hall–Kier alpha value is -1.97. The lowest BCUT2D eigenvalue weighted by Gasteiger charge is -2.16. The van der Waals surface area contributed by atoms with E-state index in [0.29, 0.717) is 5.13 Å². The van der Waals surface area contributed by atoms with E-state index in [2.05, 4.69) is 10.3 Å². The first-order valence-corrected chi connectivity index (χ1v) is 9.73. The average Bonchev–Trinajstić information content (AvgIpc) is 3.07. The first-order valence-electron chi connectivity index (χ1n) is 6.87. The van der Waals surface area contributed by atoms with Gasteiger partial charge in [0.15, 0.2) is 5.13 Å². The fourth-order valence-electron chi connectivity index (χ4n) is 2.35. The molecule has 0 spiro atoms. The summed E-state index contributed by atoms with van der Waals surface area (Å²) < 4.78 is 25.1. The topological polar surface area (TPSA) is 96.4 Å². The number of thiazole rings is 1.